The number of benzene rings is 2. The molecule has 92 valence electrons. The molecule has 0 saturated heterocycles. The Morgan fingerprint density at radius 2 is 1.89 bits per heavy atom. The predicted molar refractivity (Wildman–Crippen MR) is 78.3 cm³/mol. The maximum Gasteiger partial charge on any atom is 0.0705 e. The summed E-state index contributed by atoms with van der Waals surface area (Å²) in [5.41, 5.74) is 5.06. The van der Waals surface area contributed by atoms with Crippen LogP contribution in [0.25, 0.3) is 10.9 Å². The third-order valence-corrected chi connectivity index (χ3v) is 3.83. The van der Waals surface area contributed by atoms with Gasteiger partial charge in [0.1, 0.15) is 0 Å². The first-order valence-electron chi connectivity index (χ1n) is 6.60. The molecule has 0 saturated carbocycles. The number of anilines is 1. The molecule has 19 heavy (non-hydrogen) atoms. The molecule has 3 aromatic rings. The van der Waals surface area contributed by atoms with Gasteiger partial charge in [0.25, 0.3) is 0 Å². The average Bonchev–Trinajstić information content (AvgIpc) is 2.90. The number of para-hydroxylation sites is 1. The number of aromatic nitrogens is 1. The van der Waals surface area contributed by atoms with Crippen molar-refractivity contribution in [2.75, 3.05) is 5.32 Å². The van der Waals surface area contributed by atoms with Gasteiger partial charge in [-0.3, -0.25) is 4.98 Å². The van der Waals surface area contributed by atoms with Crippen molar-refractivity contribution in [3.05, 3.63) is 71.9 Å². The Bertz CT molecular complexity index is 719. The normalized spacial score (nSPS) is 17.2. The third-order valence-electron chi connectivity index (χ3n) is 3.83. The number of fused-ring (bicyclic) bond motifs is 2. The highest BCUT2D eigenvalue weighted by Crippen LogP contribution is 2.36. The molecule has 0 aliphatic carbocycles. The first-order chi connectivity index (χ1) is 9.42. The fourth-order valence-electron chi connectivity index (χ4n) is 2.92. The molecular formula is C17H14N2. The standard InChI is InChI=1S/C17H14N2/c1-2-8-15-12(5-1)11-17(19-15)14-6-3-9-16-13(14)7-4-10-18-16/h1-10,17,19H,11H2. The van der Waals surface area contributed by atoms with Gasteiger partial charge in [-0.2, -0.15) is 0 Å². The zero-order valence-corrected chi connectivity index (χ0v) is 10.5. The molecular weight excluding hydrogens is 232 g/mol. The topological polar surface area (TPSA) is 24.9 Å². The molecule has 2 heterocycles. The summed E-state index contributed by atoms with van der Waals surface area (Å²) >= 11 is 0. The lowest BCUT2D eigenvalue weighted by Crippen LogP contribution is -2.06. The first-order valence-corrected chi connectivity index (χ1v) is 6.60. The van der Waals surface area contributed by atoms with E-state index in [1.165, 1.54) is 22.2 Å². The van der Waals surface area contributed by atoms with Gasteiger partial charge >= 0.3 is 0 Å². The molecule has 0 bridgehead atoms. The minimum Gasteiger partial charge on any atom is -0.378 e. The van der Waals surface area contributed by atoms with Crippen molar-refractivity contribution in [3.8, 4) is 0 Å². The van der Waals surface area contributed by atoms with E-state index in [9.17, 15) is 0 Å². The van der Waals surface area contributed by atoms with E-state index in [0.717, 1.165) is 11.9 Å². The monoisotopic (exact) mass is 246 g/mol. The number of nitrogens with zero attached hydrogens (tertiary/aromatic N) is 1. The highest BCUT2D eigenvalue weighted by Gasteiger charge is 2.22. The van der Waals surface area contributed by atoms with Gasteiger partial charge in [0.15, 0.2) is 0 Å². The molecule has 0 spiro atoms. The zero-order chi connectivity index (χ0) is 12.7. The number of nitrogens with one attached hydrogen (secondary N) is 1. The van der Waals surface area contributed by atoms with E-state index in [4.69, 9.17) is 0 Å². The van der Waals surface area contributed by atoms with Crippen molar-refractivity contribution in [1.82, 2.24) is 4.98 Å². The summed E-state index contributed by atoms with van der Waals surface area (Å²) in [5.74, 6) is 0. The maximum absolute atomic E-state index is 4.43. The second kappa shape index (κ2) is 4.09. The van der Waals surface area contributed by atoms with Crippen molar-refractivity contribution in [2.45, 2.75) is 12.5 Å². The lowest BCUT2D eigenvalue weighted by Gasteiger charge is -2.14. The molecule has 2 aromatic carbocycles. The van der Waals surface area contributed by atoms with Gasteiger partial charge in [-0.1, -0.05) is 36.4 Å². The van der Waals surface area contributed by atoms with Crippen LogP contribution in [0.15, 0.2) is 60.8 Å². The van der Waals surface area contributed by atoms with E-state index in [-0.39, 0.29) is 0 Å². The fraction of sp³-hybridized carbons (Fsp3) is 0.118. The summed E-state index contributed by atoms with van der Waals surface area (Å²) in [5, 5.41) is 4.86. The van der Waals surface area contributed by atoms with Crippen LogP contribution in [0, 0.1) is 0 Å². The predicted octanol–water partition coefficient (Wildman–Crippen LogP) is 3.94. The van der Waals surface area contributed by atoms with Crippen molar-refractivity contribution >= 4 is 16.6 Å². The van der Waals surface area contributed by atoms with Gasteiger partial charge in [0, 0.05) is 17.3 Å². The number of rotatable bonds is 1. The van der Waals surface area contributed by atoms with E-state index in [1.807, 2.05) is 12.3 Å². The smallest absolute Gasteiger partial charge is 0.0705 e. The SMILES string of the molecule is c1ccc2c(c1)CC(c1cccc3ncccc13)N2. The third kappa shape index (κ3) is 1.68. The Morgan fingerprint density at radius 1 is 0.947 bits per heavy atom. The van der Waals surface area contributed by atoms with Gasteiger partial charge in [-0.15, -0.1) is 0 Å². The number of hydrogen-bond donors (Lipinski definition) is 1. The number of hydrogen-bond acceptors (Lipinski definition) is 2. The first kappa shape index (κ1) is 10.6. The second-order valence-electron chi connectivity index (χ2n) is 4.98. The van der Waals surface area contributed by atoms with Crippen molar-refractivity contribution in [2.24, 2.45) is 0 Å². The molecule has 1 aliphatic rings. The van der Waals surface area contributed by atoms with Crippen LogP contribution in [0.2, 0.25) is 0 Å². The fourth-order valence-corrected chi connectivity index (χ4v) is 2.92. The average molecular weight is 246 g/mol. The van der Waals surface area contributed by atoms with Crippen molar-refractivity contribution in [1.29, 1.82) is 0 Å². The van der Waals surface area contributed by atoms with Crippen LogP contribution in [0.1, 0.15) is 17.2 Å². The minimum absolute atomic E-state index is 0.352. The van der Waals surface area contributed by atoms with E-state index >= 15 is 0 Å². The molecule has 0 radical (unpaired) electrons. The molecule has 1 atom stereocenters. The molecule has 2 nitrogen and oxygen atoms in total. The highest BCUT2D eigenvalue weighted by atomic mass is 14.9. The van der Waals surface area contributed by atoms with Crippen LogP contribution in [0.3, 0.4) is 0 Å². The van der Waals surface area contributed by atoms with E-state index in [1.54, 1.807) is 0 Å². The zero-order valence-electron chi connectivity index (χ0n) is 10.5. The van der Waals surface area contributed by atoms with Crippen LogP contribution >= 0.6 is 0 Å². The lowest BCUT2D eigenvalue weighted by molar-refractivity contribution is 0.832. The van der Waals surface area contributed by atoms with Gasteiger partial charge in [-0.05, 0) is 35.7 Å². The minimum atomic E-state index is 0.352. The van der Waals surface area contributed by atoms with Crippen LogP contribution in [0.5, 0.6) is 0 Å². The van der Waals surface area contributed by atoms with Crippen LogP contribution in [-0.4, -0.2) is 4.98 Å². The Labute approximate surface area is 112 Å². The molecule has 2 heteroatoms. The summed E-state index contributed by atoms with van der Waals surface area (Å²) in [4.78, 5) is 4.43. The lowest BCUT2D eigenvalue weighted by atomic mass is 9.99. The Hall–Kier alpha value is -2.35. The van der Waals surface area contributed by atoms with Crippen molar-refractivity contribution < 1.29 is 0 Å². The molecule has 1 N–H and O–H groups in total. The van der Waals surface area contributed by atoms with E-state index in [0.29, 0.717) is 6.04 Å². The summed E-state index contributed by atoms with van der Waals surface area (Å²) in [7, 11) is 0. The Balaban J connectivity index is 1.81. The van der Waals surface area contributed by atoms with E-state index in [2.05, 4.69) is 58.8 Å². The summed E-state index contributed by atoms with van der Waals surface area (Å²) < 4.78 is 0. The largest absolute Gasteiger partial charge is 0.378 e. The van der Waals surface area contributed by atoms with Gasteiger partial charge in [-0.25, -0.2) is 0 Å². The van der Waals surface area contributed by atoms with Crippen molar-refractivity contribution in [3.63, 3.8) is 0 Å². The molecule has 1 aliphatic heterocycles. The van der Waals surface area contributed by atoms with Crippen LogP contribution < -0.4 is 5.32 Å². The maximum atomic E-state index is 4.43. The number of pyridine rings is 1. The Morgan fingerprint density at radius 3 is 2.84 bits per heavy atom. The molecule has 1 unspecified atom stereocenters. The second-order valence-corrected chi connectivity index (χ2v) is 4.98. The van der Waals surface area contributed by atoms with Gasteiger partial charge in [0.2, 0.25) is 0 Å². The van der Waals surface area contributed by atoms with E-state index < -0.39 is 0 Å². The van der Waals surface area contributed by atoms with Gasteiger partial charge < -0.3 is 5.32 Å². The highest BCUT2D eigenvalue weighted by molar-refractivity contribution is 5.83. The van der Waals surface area contributed by atoms with Gasteiger partial charge in [0.05, 0.1) is 11.6 Å². The summed E-state index contributed by atoms with van der Waals surface area (Å²) in [6, 6.07) is 19.4. The molecule has 4 rings (SSSR count). The van der Waals surface area contributed by atoms with Crippen LogP contribution in [0.4, 0.5) is 5.69 Å². The quantitative estimate of drug-likeness (QED) is 0.703. The molecule has 0 amide bonds. The Kier molecular flexibility index (Phi) is 2.27. The summed E-state index contributed by atoms with van der Waals surface area (Å²) in [6.07, 6.45) is 2.90. The molecule has 0 fully saturated rings. The summed E-state index contributed by atoms with van der Waals surface area (Å²) in [6.45, 7) is 0. The molecule has 1 aromatic heterocycles. The van der Waals surface area contributed by atoms with Crippen LogP contribution in [-0.2, 0) is 6.42 Å².